The Labute approximate surface area is 119 Å². The van der Waals surface area contributed by atoms with E-state index in [1.165, 1.54) is 70.9 Å². The summed E-state index contributed by atoms with van der Waals surface area (Å²) < 4.78 is 0. The SMILES string of the molecule is CCC1CCCC1(CN)N1CCC2CCCCC2C1. The van der Waals surface area contributed by atoms with Gasteiger partial charge in [-0.05, 0) is 50.0 Å². The van der Waals surface area contributed by atoms with Crippen molar-refractivity contribution in [1.82, 2.24) is 4.90 Å². The molecule has 0 aromatic rings. The summed E-state index contributed by atoms with van der Waals surface area (Å²) in [6.45, 7) is 5.95. The zero-order chi connectivity index (χ0) is 13.3. The molecule has 2 nitrogen and oxygen atoms in total. The Morgan fingerprint density at radius 1 is 1.05 bits per heavy atom. The van der Waals surface area contributed by atoms with Gasteiger partial charge in [0.05, 0.1) is 0 Å². The summed E-state index contributed by atoms with van der Waals surface area (Å²) >= 11 is 0. The number of rotatable bonds is 3. The third-order valence-corrected chi connectivity index (χ3v) is 6.69. The number of fused-ring (bicyclic) bond motifs is 1. The van der Waals surface area contributed by atoms with Gasteiger partial charge in [0.15, 0.2) is 0 Å². The Hall–Kier alpha value is -0.0800. The van der Waals surface area contributed by atoms with Crippen molar-refractivity contribution in [3.8, 4) is 0 Å². The molecule has 1 aliphatic heterocycles. The molecule has 110 valence electrons. The van der Waals surface area contributed by atoms with Crippen molar-refractivity contribution in [2.75, 3.05) is 19.6 Å². The van der Waals surface area contributed by atoms with Crippen molar-refractivity contribution in [2.24, 2.45) is 23.5 Å². The smallest absolute Gasteiger partial charge is 0.0359 e. The molecule has 0 bridgehead atoms. The Kier molecular flexibility index (Phi) is 4.19. The molecule has 2 aliphatic carbocycles. The van der Waals surface area contributed by atoms with E-state index in [2.05, 4.69) is 11.8 Å². The van der Waals surface area contributed by atoms with Crippen LogP contribution in [0.2, 0.25) is 0 Å². The van der Waals surface area contributed by atoms with Crippen molar-refractivity contribution < 1.29 is 0 Å². The Balaban J connectivity index is 1.73. The second kappa shape index (κ2) is 5.73. The van der Waals surface area contributed by atoms with Crippen LogP contribution in [0.4, 0.5) is 0 Å². The van der Waals surface area contributed by atoms with E-state index in [-0.39, 0.29) is 0 Å². The molecule has 2 N–H and O–H groups in total. The third-order valence-electron chi connectivity index (χ3n) is 6.69. The van der Waals surface area contributed by atoms with E-state index in [1.54, 1.807) is 0 Å². The first-order valence-electron chi connectivity index (χ1n) is 8.75. The van der Waals surface area contributed by atoms with Gasteiger partial charge in [0.1, 0.15) is 0 Å². The predicted octanol–water partition coefficient (Wildman–Crippen LogP) is 3.41. The van der Waals surface area contributed by atoms with Crippen molar-refractivity contribution in [3.63, 3.8) is 0 Å². The van der Waals surface area contributed by atoms with Crippen LogP contribution in [0, 0.1) is 17.8 Å². The summed E-state index contributed by atoms with van der Waals surface area (Å²) in [5.74, 6) is 2.89. The highest BCUT2D eigenvalue weighted by Gasteiger charge is 2.47. The lowest BCUT2D eigenvalue weighted by Gasteiger charge is -2.51. The first kappa shape index (κ1) is 13.9. The highest BCUT2D eigenvalue weighted by atomic mass is 15.2. The zero-order valence-electron chi connectivity index (χ0n) is 12.7. The molecule has 2 saturated carbocycles. The van der Waals surface area contributed by atoms with E-state index in [9.17, 15) is 0 Å². The summed E-state index contributed by atoms with van der Waals surface area (Å²) in [5, 5.41) is 0. The van der Waals surface area contributed by atoms with Crippen molar-refractivity contribution in [3.05, 3.63) is 0 Å². The van der Waals surface area contributed by atoms with Crippen molar-refractivity contribution in [1.29, 1.82) is 0 Å². The average molecular weight is 264 g/mol. The second-order valence-corrected chi connectivity index (χ2v) is 7.34. The molecule has 3 aliphatic rings. The molecule has 0 aromatic heterocycles. The van der Waals surface area contributed by atoms with Crippen LogP contribution in [0.5, 0.6) is 0 Å². The van der Waals surface area contributed by atoms with Crippen LogP contribution in [0.15, 0.2) is 0 Å². The van der Waals surface area contributed by atoms with Gasteiger partial charge in [-0.3, -0.25) is 4.90 Å². The van der Waals surface area contributed by atoms with Crippen LogP contribution in [0.1, 0.15) is 64.7 Å². The lowest BCUT2D eigenvalue weighted by molar-refractivity contribution is -0.0134. The average Bonchev–Trinajstić information content (AvgIpc) is 2.91. The number of hydrogen-bond acceptors (Lipinski definition) is 2. The minimum absolute atomic E-state index is 0.372. The fraction of sp³-hybridized carbons (Fsp3) is 1.00. The summed E-state index contributed by atoms with van der Waals surface area (Å²) in [6, 6.07) is 0. The summed E-state index contributed by atoms with van der Waals surface area (Å²) in [4.78, 5) is 2.85. The Morgan fingerprint density at radius 3 is 2.58 bits per heavy atom. The molecule has 0 spiro atoms. The fourth-order valence-electron chi connectivity index (χ4n) is 5.53. The maximum absolute atomic E-state index is 6.29. The number of likely N-dealkylation sites (tertiary alicyclic amines) is 1. The fourth-order valence-corrected chi connectivity index (χ4v) is 5.53. The largest absolute Gasteiger partial charge is 0.329 e. The summed E-state index contributed by atoms with van der Waals surface area (Å²) in [7, 11) is 0. The summed E-state index contributed by atoms with van der Waals surface area (Å²) in [6.07, 6.45) is 12.9. The topological polar surface area (TPSA) is 29.3 Å². The van der Waals surface area contributed by atoms with Crippen LogP contribution in [-0.2, 0) is 0 Å². The van der Waals surface area contributed by atoms with E-state index >= 15 is 0 Å². The molecule has 0 radical (unpaired) electrons. The van der Waals surface area contributed by atoms with Crippen molar-refractivity contribution in [2.45, 2.75) is 70.3 Å². The zero-order valence-corrected chi connectivity index (χ0v) is 12.7. The maximum atomic E-state index is 6.29. The quantitative estimate of drug-likeness (QED) is 0.846. The van der Waals surface area contributed by atoms with Crippen LogP contribution in [0.25, 0.3) is 0 Å². The van der Waals surface area contributed by atoms with Crippen LogP contribution in [-0.4, -0.2) is 30.1 Å². The molecule has 4 unspecified atom stereocenters. The predicted molar refractivity (Wildman–Crippen MR) is 81.1 cm³/mol. The van der Waals surface area contributed by atoms with Crippen LogP contribution < -0.4 is 5.73 Å². The van der Waals surface area contributed by atoms with E-state index in [4.69, 9.17) is 5.73 Å². The van der Waals surface area contributed by atoms with Gasteiger partial charge in [-0.2, -0.15) is 0 Å². The Morgan fingerprint density at radius 2 is 1.84 bits per heavy atom. The first-order valence-corrected chi connectivity index (χ1v) is 8.75. The Bertz CT molecular complexity index is 304. The van der Waals surface area contributed by atoms with Gasteiger partial charge in [-0.1, -0.05) is 39.0 Å². The van der Waals surface area contributed by atoms with Gasteiger partial charge in [-0.15, -0.1) is 0 Å². The summed E-state index contributed by atoms with van der Waals surface area (Å²) in [5.41, 5.74) is 6.66. The molecule has 4 atom stereocenters. The molecule has 19 heavy (non-hydrogen) atoms. The van der Waals surface area contributed by atoms with Gasteiger partial charge in [0, 0.05) is 18.6 Å². The van der Waals surface area contributed by atoms with E-state index in [0.29, 0.717) is 5.54 Å². The molecule has 3 rings (SSSR count). The molecule has 1 heterocycles. The highest BCUT2D eigenvalue weighted by molar-refractivity contribution is 5.03. The van der Waals surface area contributed by atoms with E-state index < -0.39 is 0 Å². The molecular weight excluding hydrogens is 232 g/mol. The lowest BCUT2D eigenvalue weighted by atomic mass is 9.72. The number of hydrogen-bond donors (Lipinski definition) is 1. The van der Waals surface area contributed by atoms with Crippen LogP contribution >= 0.6 is 0 Å². The van der Waals surface area contributed by atoms with Gasteiger partial charge in [0.25, 0.3) is 0 Å². The van der Waals surface area contributed by atoms with Crippen LogP contribution in [0.3, 0.4) is 0 Å². The van der Waals surface area contributed by atoms with E-state index in [0.717, 1.165) is 24.3 Å². The van der Waals surface area contributed by atoms with E-state index in [1.807, 2.05) is 0 Å². The van der Waals surface area contributed by atoms with Gasteiger partial charge in [-0.25, -0.2) is 0 Å². The maximum Gasteiger partial charge on any atom is 0.0359 e. The highest BCUT2D eigenvalue weighted by Crippen LogP contribution is 2.45. The lowest BCUT2D eigenvalue weighted by Crippen LogP contribution is -2.60. The minimum atomic E-state index is 0.372. The normalized spacial score (nSPS) is 44.2. The number of nitrogens with zero attached hydrogens (tertiary/aromatic N) is 1. The molecule has 2 heteroatoms. The van der Waals surface area contributed by atoms with Gasteiger partial charge >= 0.3 is 0 Å². The monoisotopic (exact) mass is 264 g/mol. The number of piperidine rings is 1. The first-order chi connectivity index (χ1) is 9.30. The molecule has 0 aromatic carbocycles. The minimum Gasteiger partial charge on any atom is -0.329 e. The van der Waals surface area contributed by atoms with Gasteiger partial charge in [0.2, 0.25) is 0 Å². The number of nitrogens with two attached hydrogens (primary N) is 1. The molecule has 3 fully saturated rings. The second-order valence-electron chi connectivity index (χ2n) is 7.34. The standard InChI is InChI=1S/C17H32N2/c1-2-16-8-5-10-17(16,13-18)19-11-9-14-6-3-4-7-15(14)12-19/h14-16H,2-13,18H2,1H3. The molecule has 1 saturated heterocycles. The third kappa shape index (κ3) is 2.35. The molecule has 0 amide bonds. The molecular formula is C17H32N2. The van der Waals surface area contributed by atoms with Crippen molar-refractivity contribution >= 4 is 0 Å². The van der Waals surface area contributed by atoms with Gasteiger partial charge < -0.3 is 5.73 Å².